The summed E-state index contributed by atoms with van der Waals surface area (Å²) in [6.07, 6.45) is -0.0597. The van der Waals surface area contributed by atoms with Crippen molar-refractivity contribution in [2.75, 3.05) is 20.8 Å². The Morgan fingerprint density at radius 3 is 2.47 bits per heavy atom. The van der Waals surface area contributed by atoms with Crippen LogP contribution in [-0.2, 0) is 20.9 Å². The van der Waals surface area contributed by atoms with E-state index in [4.69, 9.17) is 14.2 Å². The molecular formula is C26H29F2NO5. The van der Waals surface area contributed by atoms with E-state index in [1.165, 1.54) is 25.2 Å². The van der Waals surface area contributed by atoms with Crippen LogP contribution < -0.4 is 9.47 Å². The average molecular weight is 474 g/mol. The monoisotopic (exact) mass is 473 g/mol. The number of ether oxygens (including phenoxy) is 3. The Kier molecular flexibility index (Phi) is 7.91. The second kappa shape index (κ2) is 10.7. The molecule has 0 saturated heterocycles. The lowest BCUT2D eigenvalue weighted by atomic mass is 9.83. The third kappa shape index (κ3) is 5.38. The van der Waals surface area contributed by atoms with E-state index in [2.05, 4.69) is 0 Å². The fourth-order valence-electron chi connectivity index (χ4n) is 3.99. The zero-order valence-electron chi connectivity index (χ0n) is 20.0. The number of carbonyl (C=O) groups excluding carboxylic acids is 2. The van der Waals surface area contributed by atoms with Crippen molar-refractivity contribution in [1.29, 1.82) is 0 Å². The highest BCUT2D eigenvalue weighted by Crippen LogP contribution is 2.42. The van der Waals surface area contributed by atoms with E-state index in [1.54, 1.807) is 25.1 Å². The molecule has 182 valence electrons. The highest BCUT2D eigenvalue weighted by atomic mass is 19.1. The van der Waals surface area contributed by atoms with Gasteiger partial charge in [0.05, 0.1) is 32.9 Å². The molecule has 1 aliphatic heterocycles. The topological polar surface area (TPSA) is 65.1 Å². The molecule has 1 unspecified atom stereocenters. The summed E-state index contributed by atoms with van der Waals surface area (Å²) in [5.74, 6) is -1.82. The fraction of sp³-hybridized carbons (Fsp3) is 0.385. The number of halogens is 2. The Hall–Kier alpha value is -3.42. The van der Waals surface area contributed by atoms with Crippen molar-refractivity contribution in [3.05, 3.63) is 70.4 Å². The maximum Gasteiger partial charge on any atom is 0.336 e. The largest absolute Gasteiger partial charge is 0.497 e. The van der Waals surface area contributed by atoms with Gasteiger partial charge >= 0.3 is 5.97 Å². The molecule has 0 aromatic heterocycles. The Labute approximate surface area is 198 Å². The van der Waals surface area contributed by atoms with Crippen molar-refractivity contribution in [2.45, 2.75) is 39.7 Å². The van der Waals surface area contributed by atoms with Crippen LogP contribution in [0.3, 0.4) is 0 Å². The van der Waals surface area contributed by atoms with Gasteiger partial charge in [0.15, 0.2) is 0 Å². The highest BCUT2D eigenvalue weighted by molar-refractivity contribution is 5.96. The molecule has 2 aromatic rings. The molecule has 2 aromatic carbocycles. The minimum absolute atomic E-state index is 0.0597. The van der Waals surface area contributed by atoms with Crippen molar-refractivity contribution < 1.29 is 32.6 Å². The summed E-state index contributed by atoms with van der Waals surface area (Å²) in [5, 5.41) is 0. The van der Waals surface area contributed by atoms with Gasteiger partial charge in [-0.2, -0.15) is 0 Å². The van der Waals surface area contributed by atoms with E-state index in [0.717, 1.165) is 12.1 Å². The second-order valence-electron chi connectivity index (χ2n) is 8.57. The summed E-state index contributed by atoms with van der Waals surface area (Å²) < 4.78 is 44.1. The predicted octanol–water partition coefficient (Wildman–Crippen LogP) is 4.97. The number of esters is 1. The van der Waals surface area contributed by atoms with Crippen LogP contribution in [0.2, 0.25) is 0 Å². The maximum absolute atomic E-state index is 14.3. The third-order valence-corrected chi connectivity index (χ3v) is 5.75. The van der Waals surface area contributed by atoms with Crippen molar-refractivity contribution >= 4 is 11.9 Å². The first-order valence-corrected chi connectivity index (χ1v) is 11.0. The lowest BCUT2D eigenvalue weighted by Crippen LogP contribution is -2.38. The number of allylic oxidation sites excluding steroid dienone is 1. The second-order valence-corrected chi connectivity index (χ2v) is 8.57. The van der Waals surface area contributed by atoms with Crippen molar-refractivity contribution in [3.63, 3.8) is 0 Å². The summed E-state index contributed by atoms with van der Waals surface area (Å²) in [7, 11) is 3.03. The van der Waals surface area contributed by atoms with Gasteiger partial charge in [-0.05, 0) is 37.1 Å². The molecule has 8 heteroatoms. The van der Waals surface area contributed by atoms with E-state index in [1.807, 2.05) is 13.8 Å². The summed E-state index contributed by atoms with van der Waals surface area (Å²) in [5.41, 5.74) is 1.39. The van der Waals surface area contributed by atoms with Gasteiger partial charge in [-0.25, -0.2) is 13.6 Å². The number of nitrogens with zero attached hydrogens (tertiary/aromatic N) is 1. The van der Waals surface area contributed by atoms with E-state index in [-0.39, 0.29) is 42.5 Å². The molecule has 1 aliphatic rings. The summed E-state index contributed by atoms with van der Waals surface area (Å²) in [4.78, 5) is 27.8. The zero-order chi connectivity index (χ0) is 25.0. The van der Waals surface area contributed by atoms with Gasteiger partial charge < -0.3 is 19.1 Å². The zero-order valence-corrected chi connectivity index (χ0v) is 20.0. The molecule has 34 heavy (non-hydrogen) atoms. The summed E-state index contributed by atoms with van der Waals surface area (Å²) in [6, 6.07) is 8.36. The fourth-order valence-corrected chi connectivity index (χ4v) is 3.99. The SMILES string of the molecule is COc1ccc(OC)c(C2CC(=O)N(Cc3ccc(F)cc3F)C(C)=C2C(=O)OCC(C)C)c1. The number of amides is 1. The molecule has 0 N–H and O–H groups in total. The highest BCUT2D eigenvalue weighted by Gasteiger charge is 2.38. The van der Waals surface area contributed by atoms with Crippen LogP contribution >= 0.6 is 0 Å². The van der Waals surface area contributed by atoms with Crippen LogP contribution in [0.1, 0.15) is 44.2 Å². The first-order valence-electron chi connectivity index (χ1n) is 11.0. The summed E-state index contributed by atoms with van der Waals surface area (Å²) >= 11 is 0. The molecule has 0 radical (unpaired) electrons. The number of hydrogen-bond donors (Lipinski definition) is 0. The Bertz CT molecular complexity index is 1110. The van der Waals surface area contributed by atoms with E-state index >= 15 is 0 Å². The number of benzene rings is 2. The van der Waals surface area contributed by atoms with Crippen LogP contribution in [0.25, 0.3) is 0 Å². The van der Waals surface area contributed by atoms with Crippen LogP contribution in [0, 0.1) is 17.6 Å². The Morgan fingerprint density at radius 1 is 1.12 bits per heavy atom. The first-order chi connectivity index (χ1) is 16.2. The van der Waals surface area contributed by atoms with Gasteiger partial charge in [-0.1, -0.05) is 19.9 Å². The van der Waals surface area contributed by atoms with Crippen molar-refractivity contribution in [3.8, 4) is 11.5 Å². The molecule has 0 spiro atoms. The van der Waals surface area contributed by atoms with E-state index < -0.39 is 23.5 Å². The normalized spacial score (nSPS) is 16.2. The predicted molar refractivity (Wildman–Crippen MR) is 122 cm³/mol. The minimum Gasteiger partial charge on any atom is -0.497 e. The Morgan fingerprint density at radius 2 is 1.85 bits per heavy atom. The lowest BCUT2D eigenvalue weighted by Gasteiger charge is -2.35. The van der Waals surface area contributed by atoms with Crippen LogP contribution in [-0.4, -0.2) is 37.6 Å². The smallest absolute Gasteiger partial charge is 0.336 e. The number of rotatable bonds is 8. The first kappa shape index (κ1) is 25.2. The standard InChI is InChI=1S/C26H29F2NO5/c1-15(2)14-34-26(31)25-16(3)29(13-17-6-7-18(27)10-22(17)28)24(30)12-21(25)20-11-19(32-4)8-9-23(20)33-5/h6-11,15,21H,12-14H2,1-5H3. The van der Waals surface area contributed by atoms with Crippen LogP contribution in [0.4, 0.5) is 8.78 Å². The number of hydrogen-bond acceptors (Lipinski definition) is 5. The maximum atomic E-state index is 14.3. The van der Waals surface area contributed by atoms with Gasteiger partial charge in [0, 0.05) is 35.2 Å². The van der Waals surface area contributed by atoms with Gasteiger partial charge in [0.2, 0.25) is 5.91 Å². The Balaban J connectivity index is 2.10. The molecule has 0 bridgehead atoms. The number of carbonyl (C=O) groups is 2. The quantitative estimate of drug-likeness (QED) is 0.507. The van der Waals surface area contributed by atoms with Crippen molar-refractivity contribution in [2.24, 2.45) is 5.92 Å². The lowest BCUT2D eigenvalue weighted by molar-refractivity contribution is -0.141. The molecule has 0 fully saturated rings. The van der Waals surface area contributed by atoms with Gasteiger partial charge in [0.1, 0.15) is 23.1 Å². The molecule has 1 heterocycles. The van der Waals surface area contributed by atoms with Gasteiger partial charge in [0.25, 0.3) is 0 Å². The summed E-state index contributed by atoms with van der Waals surface area (Å²) in [6.45, 7) is 5.54. The van der Waals surface area contributed by atoms with Gasteiger partial charge in [-0.15, -0.1) is 0 Å². The van der Waals surface area contributed by atoms with E-state index in [0.29, 0.717) is 22.8 Å². The van der Waals surface area contributed by atoms with Crippen LogP contribution in [0.5, 0.6) is 11.5 Å². The minimum atomic E-state index is -0.763. The van der Waals surface area contributed by atoms with Gasteiger partial charge in [-0.3, -0.25) is 4.79 Å². The number of methoxy groups -OCH3 is 2. The van der Waals surface area contributed by atoms with Crippen molar-refractivity contribution in [1.82, 2.24) is 4.90 Å². The van der Waals surface area contributed by atoms with Crippen LogP contribution in [0.15, 0.2) is 47.7 Å². The molecule has 1 atom stereocenters. The molecular weight excluding hydrogens is 444 g/mol. The molecule has 1 amide bonds. The molecule has 0 aliphatic carbocycles. The third-order valence-electron chi connectivity index (χ3n) is 5.75. The molecule has 0 saturated carbocycles. The van der Waals surface area contributed by atoms with E-state index in [9.17, 15) is 18.4 Å². The molecule has 6 nitrogen and oxygen atoms in total. The average Bonchev–Trinajstić information content (AvgIpc) is 2.80. The molecule has 3 rings (SSSR count).